The van der Waals surface area contributed by atoms with Crippen molar-refractivity contribution in [3.63, 3.8) is 0 Å². The van der Waals surface area contributed by atoms with Crippen molar-refractivity contribution in [1.29, 1.82) is 0 Å². The lowest BCUT2D eigenvalue weighted by atomic mass is 9.85. The van der Waals surface area contributed by atoms with E-state index in [1.807, 2.05) is 118 Å². The minimum Gasteiger partial charge on any atom is -0.391 e. The van der Waals surface area contributed by atoms with Crippen molar-refractivity contribution in [1.82, 2.24) is 50.1 Å². The van der Waals surface area contributed by atoms with Gasteiger partial charge in [-0.3, -0.25) is 23.9 Å². The van der Waals surface area contributed by atoms with E-state index in [9.17, 15) is 19.5 Å². The summed E-state index contributed by atoms with van der Waals surface area (Å²) in [5.74, 6) is 0.622. The number of aliphatic hydroxyl groups excluding tert-OH is 1. The predicted molar refractivity (Wildman–Crippen MR) is 297 cm³/mol. The van der Waals surface area contributed by atoms with Crippen molar-refractivity contribution in [2.45, 2.75) is 118 Å². The van der Waals surface area contributed by atoms with Gasteiger partial charge in [-0.25, -0.2) is 9.97 Å². The van der Waals surface area contributed by atoms with Crippen LogP contribution in [0.5, 0.6) is 0 Å². The molecule has 0 spiro atoms. The molecule has 7 aromatic rings. The van der Waals surface area contributed by atoms with Crippen LogP contribution in [0.25, 0.3) is 26.7 Å². The van der Waals surface area contributed by atoms with Gasteiger partial charge in [-0.15, -0.1) is 32.9 Å². The highest BCUT2D eigenvalue weighted by Gasteiger charge is 2.43. The van der Waals surface area contributed by atoms with E-state index in [0.29, 0.717) is 29.5 Å². The highest BCUT2D eigenvalue weighted by Crippen LogP contribution is 2.40. The Labute approximate surface area is 451 Å². The number of aromatic nitrogens is 6. The van der Waals surface area contributed by atoms with Crippen LogP contribution in [-0.4, -0.2) is 94.0 Å². The lowest BCUT2D eigenvalue weighted by Gasteiger charge is -2.36. The topological polar surface area (TPSA) is 185 Å². The van der Waals surface area contributed by atoms with Gasteiger partial charge in [0.25, 0.3) is 0 Å². The first kappa shape index (κ1) is 53.1. The monoisotopic (exact) mass is 1070 g/mol. The van der Waals surface area contributed by atoms with E-state index < -0.39 is 29.6 Å². The van der Waals surface area contributed by atoms with Crippen molar-refractivity contribution in [3.05, 3.63) is 158 Å². The van der Waals surface area contributed by atoms with Gasteiger partial charge in [-0.1, -0.05) is 99.6 Å². The molecular formula is C57H64ClN11O4S2. The van der Waals surface area contributed by atoms with E-state index in [4.69, 9.17) is 16.6 Å². The summed E-state index contributed by atoms with van der Waals surface area (Å²) in [4.78, 5) is 60.2. The van der Waals surface area contributed by atoms with Crippen molar-refractivity contribution in [2.75, 3.05) is 13.1 Å². The number of amides is 3. The maximum Gasteiger partial charge on any atom is 0.246 e. The Kier molecular flexibility index (Phi) is 15.4. The van der Waals surface area contributed by atoms with Crippen molar-refractivity contribution in [2.24, 2.45) is 10.4 Å². The molecule has 6 heterocycles. The third kappa shape index (κ3) is 11.4. The van der Waals surface area contributed by atoms with E-state index in [-0.39, 0.29) is 49.2 Å². The molecule has 3 aromatic carbocycles. The fourth-order valence-electron chi connectivity index (χ4n) is 9.83. The number of carbonyl (C=O) groups excluding carboxylic acids is 3. The summed E-state index contributed by atoms with van der Waals surface area (Å²) >= 11 is 9.57. The van der Waals surface area contributed by atoms with Gasteiger partial charge in [0.05, 0.1) is 58.8 Å². The molecule has 1 fully saturated rings. The molecular weight excluding hydrogens is 1000 g/mol. The maximum atomic E-state index is 14.4. The minimum absolute atomic E-state index is 0.0608. The molecule has 0 radical (unpaired) electrons. The summed E-state index contributed by atoms with van der Waals surface area (Å²) in [5.41, 5.74) is 11.2. The molecule has 15 nitrogen and oxygen atoms in total. The number of halogens is 1. The quantitative estimate of drug-likeness (QED) is 0.0732. The van der Waals surface area contributed by atoms with E-state index >= 15 is 0 Å². The number of hydrogen-bond donors (Lipinski definition) is 4. The number of thiazole rings is 1. The third-order valence-electron chi connectivity index (χ3n) is 14.3. The zero-order valence-corrected chi connectivity index (χ0v) is 46.2. The first-order valence-corrected chi connectivity index (χ1v) is 27.3. The van der Waals surface area contributed by atoms with Gasteiger partial charge in [0.2, 0.25) is 17.7 Å². The number of β-amino-alcohol motifs (C(OH)–C–C–N with tert-alkyl or cyclic N) is 1. The molecule has 18 heteroatoms. The Morgan fingerprint density at radius 3 is 2.27 bits per heavy atom. The van der Waals surface area contributed by atoms with Crippen molar-refractivity contribution >= 4 is 57.7 Å². The number of nitrogens with one attached hydrogen (secondary N) is 3. The molecule has 4 aromatic heterocycles. The molecule has 0 aliphatic carbocycles. The van der Waals surface area contributed by atoms with Gasteiger partial charge in [-0.2, -0.15) is 0 Å². The van der Waals surface area contributed by atoms with E-state index in [0.717, 1.165) is 71.7 Å². The van der Waals surface area contributed by atoms with Crippen LogP contribution in [0, 0.1) is 33.1 Å². The van der Waals surface area contributed by atoms with Crippen LogP contribution >= 0.6 is 34.3 Å². The first-order valence-electron chi connectivity index (χ1n) is 25.2. The number of carbonyl (C=O) groups is 3. The number of hydrogen-bond acceptors (Lipinski definition) is 12. The molecule has 390 valence electrons. The van der Waals surface area contributed by atoms with Crippen LogP contribution in [0.3, 0.4) is 0 Å². The SMILES string of the molecule is C=C(N[C@@H](C)c1ccc(-c2scnc2C)cc1)[C@@H]1C[C@@H](O)CN1C(=O)[C@@H](NC(=O)Cc1ccc(-c2cn([C@@H](C)CNC(=O)C[C@@H]3N=C(c4ccc(Cl)cc4)c4c(sc(C)c4C)-n4c(C)nnc43)cn2)cc1)C(C)(C)C. The van der Waals surface area contributed by atoms with Gasteiger partial charge in [0.15, 0.2) is 5.82 Å². The predicted octanol–water partition coefficient (Wildman–Crippen LogP) is 9.76. The number of thiophene rings is 1. The van der Waals surface area contributed by atoms with Crippen LogP contribution in [0.2, 0.25) is 5.02 Å². The van der Waals surface area contributed by atoms with Gasteiger partial charge in [0, 0.05) is 70.1 Å². The lowest BCUT2D eigenvalue weighted by Crippen LogP contribution is -2.56. The standard InChI is InChI=1S/C57H64ClN11O4S2/c1-31(26-59-48(71)25-45-54-66-65-37(7)69(54)56-50(32(2)36(6)75-56)51(63-45)41-19-21-43(58)22-20-41)67-28-46(60-29-67)40-13-11-38(12-14-40)23-49(72)64-53(57(8,9)10)55(73)68-27-44(70)24-47(68)34(4)62-33(3)39-15-17-42(18-16-39)52-35(5)61-30-74-52/h11-22,28-31,33,44-45,47,53,62,70H,4,23-27H2,1-3,5-10H3,(H,59,71)(H,64,72)/t31-,33-,44+,45-,47-,53+/m0/s1. The number of benzene rings is 3. The molecule has 0 bridgehead atoms. The Balaban J connectivity index is 0.797. The minimum atomic E-state index is -0.853. The second-order valence-corrected chi connectivity index (χ2v) is 23.4. The van der Waals surface area contributed by atoms with E-state index in [1.54, 1.807) is 33.9 Å². The Morgan fingerprint density at radius 1 is 0.893 bits per heavy atom. The van der Waals surface area contributed by atoms with Crippen LogP contribution < -0.4 is 16.0 Å². The Bertz CT molecular complexity index is 3280. The molecule has 0 saturated carbocycles. The molecule has 2 aliphatic rings. The highest BCUT2D eigenvalue weighted by molar-refractivity contribution is 7.15. The van der Waals surface area contributed by atoms with Gasteiger partial charge in [0.1, 0.15) is 22.9 Å². The second kappa shape index (κ2) is 21.8. The molecule has 3 amide bonds. The number of aryl methyl sites for hydroxylation is 3. The maximum absolute atomic E-state index is 14.4. The summed E-state index contributed by atoms with van der Waals surface area (Å²) < 4.78 is 4.00. The summed E-state index contributed by atoms with van der Waals surface area (Å²) in [5, 5.41) is 31.1. The number of rotatable bonds is 16. The van der Waals surface area contributed by atoms with Crippen molar-refractivity contribution < 1.29 is 19.5 Å². The second-order valence-electron chi connectivity index (χ2n) is 20.9. The van der Waals surface area contributed by atoms with Crippen molar-refractivity contribution in [3.8, 4) is 26.7 Å². The molecule has 0 unspecified atom stereocenters. The van der Waals surface area contributed by atoms with Crippen LogP contribution in [0.15, 0.2) is 108 Å². The summed E-state index contributed by atoms with van der Waals surface area (Å²) in [7, 11) is 0. The summed E-state index contributed by atoms with van der Waals surface area (Å²) in [6.07, 6.45) is 3.43. The number of nitrogens with zero attached hydrogens (tertiary/aromatic N) is 8. The molecule has 2 aliphatic heterocycles. The fraction of sp³-hybridized carbons (Fsp3) is 0.368. The summed E-state index contributed by atoms with van der Waals surface area (Å²) in [6.45, 7) is 22.8. The largest absolute Gasteiger partial charge is 0.391 e. The van der Waals surface area contributed by atoms with Crippen LogP contribution in [0.1, 0.15) is 116 Å². The molecule has 9 rings (SSSR count). The molecule has 4 N–H and O–H groups in total. The highest BCUT2D eigenvalue weighted by atomic mass is 35.5. The lowest BCUT2D eigenvalue weighted by molar-refractivity contribution is -0.140. The van der Waals surface area contributed by atoms with Gasteiger partial charge >= 0.3 is 0 Å². The third-order valence-corrected chi connectivity index (χ3v) is 16.7. The number of aliphatic hydroxyl groups is 1. The van der Waals surface area contributed by atoms with E-state index in [1.165, 1.54) is 4.88 Å². The molecule has 75 heavy (non-hydrogen) atoms. The normalized spacial score (nSPS) is 17.6. The average molecular weight is 1070 g/mol. The average Bonchev–Trinajstić information content (AvgIpc) is 4.24. The zero-order valence-electron chi connectivity index (χ0n) is 43.8. The van der Waals surface area contributed by atoms with E-state index in [2.05, 4.69) is 80.8 Å². The Morgan fingerprint density at radius 2 is 1.59 bits per heavy atom. The number of likely N-dealkylation sites (tertiary alicyclic amines) is 1. The number of aliphatic imine (C=N–C) groups is 1. The first-order chi connectivity index (χ1) is 35.7. The van der Waals surface area contributed by atoms with Crippen LogP contribution in [-0.2, 0) is 20.8 Å². The summed E-state index contributed by atoms with van der Waals surface area (Å²) in [6, 6.07) is 21.5. The molecule has 6 atom stereocenters. The smallest absolute Gasteiger partial charge is 0.246 e. The number of fused-ring (bicyclic) bond motifs is 3. The van der Waals surface area contributed by atoms with Gasteiger partial charge in [-0.05, 0) is 81.3 Å². The zero-order chi connectivity index (χ0) is 53.5. The molecule has 1 saturated heterocycles. The Hall–Kier alpha value is -6.79. The van der Waals surface area contributed by atoms with Gasteiger partial charge < -0.3 is 30.5 Å². The number of imidazole rings is 1. The van der Waals surface area contributed by atoms with Crippen LogP contribution in [0.4, 0.5) is 0 Å². The fourth-order valence-corrected chi connectivity index (χ4v) is 12.0.